The summed E-state index contributed by atoms with van der Waals surface area (Å²) in [5, 5.41) is 2.12. The molecule has 0 saturated heterocycles. The lowest BCUT2D eigenvalue weighted by Gasteiger charge is -2.38. The van der Waals surface area contributed by atoms with Gasteiger partial charge < -0.3 is 9.80 Å². The highest BCUT2D eigenvalue weighted by Gasteiger charge is 2.34. The molecule has 0 N–H and O–H groups in total. The van der Waals surface area contributed by atoms with Crippen molar-refractivity contribution in [3.05, 3.63) is 92.7 Å². The van der Waals surface area contributed by atoms with Crippen LogP contribution in [0, 0.1) is 6.92 Å². The molecule has 5 heteroatoms. The van der Waals surface area contributed by atoms with Gasteiger partial charge in [-0.2, -0.15) is 0 Å². The van der Waals surface area contributed by atoms with Crippen LogP contribution in [-0.4, -0.2) is 40.7 Å². The Kier molecular flexibility index (Phi) is 9.20. The minimum absolute atomic E-state index is 0.00276. The molecule has 1 atom stereocenters. The fourth-order valence-electron chi connectivity index (χ4n) is 5.15. The first-order valence-electron chi connectivity index (χ1n) is 13.7. The van der Waals surface area contributed by atoms with E-state index in [1.807, 2.05) is 30.9 Å². The van der Waals surface area contributed by atoms with E-state index >= 15 is 0 Å². The number of amides is 2. The van der Waals surface area contributed by atoms with Crippen molar-refractivity contribution in [3.8, 4) is 0 Å². The van der Waals surface area contributed by atoms with Crippen LogP contribution in [0.15, 0.2) is 60.0 Å². The zero-order valence-corrected chi connectivity index (χ0v) is 23.5. The number of benzene rings is 2. The lowest BCUT2D eigenvalue weighted by Crippen LogP contribution is -2.48. The second-order valence-electron chi connectivity index (χ2n) is 10.5. The maximum absolute atomic E-state index is 13.8. The van der Waals surface area contributed by atoms with Gasteiger partial charge in [-0.3, -0.25) is 9.59 Å². The largest absolute Gasteiger partial charge is 0.330 e. The molecule has 0 spiro atoms. The average molecular weight is 517 g/mol. The number of nitrogens with zero attached hydrogens (tertiary/aromatic N) is 2. The molecule has 0 radical (unpaired) electrons. The molecule has 2 heterocycles. The van der Waals surface area contributed by atoms with Crippen LogP contribution in [0.25, 0.3) is 0 Å². The van der Waals surface area contributed by atoms with Crippen LogP contribution in [0.2, 0.25) is 0 Å². The first kappa shape index (κ1) is 27.1. The molecule has 4 nitrogen and oxygen atoms in total. The molecule has 0 bridgehead atoms. The van der Waals surface area contributed by atoms with Gasteiger partial charge in [-0.05, 0) is 80.3 Å². The number of rotatable bonds is 10. The van der Waals surface area contributed by atoms with Crippen molar-refractivity contribution in [3.63, 3.8) is 0 Å². The molecular weight excluding hydrogens is 476 g/mol. The molecule has 2 aromatic carbocycles. The van der Waals surface area contributed by atoms with Gasteiger partial charge in [-0.15, -0.1) is 11.3 Å². The summed E-state index contributed by atoms with van der Waals surface area (Å²) in [6.45, 7) is 9.01. The smallest absolute Gasteiger partial charge is 0.254 e. The van der Waals surface area contributed by atoms with Crippen LogP contribution in [0.4, 0.5) is 0 Å². The quantitative estimate of drug-likeness (QED) is 0.267. The van der Waals surface area contributed by atoms with E-state index in [9.17, 15) is 9.59 Å². The molecule has 2 amide bonds. The number of thiophene rings is 1. The van der Waals surface area contributed by atoms with Gasteiger partial charge >= 0.3 is 0 Å². The van der Waals surface area contributed by atoms with Gasteiger partial charge in [0.25, 0.3) is 5.91 Å². The third-order valence-electron chi connectivity index (χ3n) is 7.39. The highest BCUT2D eigenvalue weighted by molar-refractivity contribution is 7.10. The summed E-state index contributed by atoms with van der Waals surface area (Å²) in [5.41, 5.74) is 5.44. The summed E-state index contributed by atoms with van der Waals surface area (Å²) < 4.78 is 0. The van der Waals surface area contributed by atoms with Gasteiger partial charge in [0.15, 0.2) is 0 Å². The maximum atomic E-state index is 13.8. The number of hydrogen-bond acceptors (Lipinski definition) is 3. The monoisotopic (exact) mass is 516 g/mol. The van der Waals surface area contributed by atoms with Gasteiger partial charge in [-0.1, -0.05) is 68.1 Å². The van der Waals surface area contributed by atoms with Crippen LogP contribution < -0.4 is 0 Å². The summed E-state index contributed by atoms with van der Waals surface area (Å²) in [6.07, 6.45) is 6.82. The number of hydrogen-bond donors (Lipinski definition) is 0. The minimum Gasteiger partial charge on any atom is -0.330 e. The van der Waals surface area contributed by atoms with Crippen molar-refractivity contribution in [1.29, 1.82) is 0 Å². The van der Waals surface area contributed by atoms with Crippen LogP contribution in [-0.2, 0) is 17.6 Å². The molecule has 37 heavy (non-hydrogen) atoms. The van der Waals surface area contributed by atoms with E-state index < -0.39 is 0 Å². The lowest BCUT2D eigenvalue weighted by molar-refractivity contribution is -0.134. The first-order chi connectivity index (χ1) is 17.9. The molecule has 4 rings (SSSR count). The summed E-state index contributed by atoms with van der Waals surface area (Å²) in [6, 6.07) is 18.4. The van der Waals surface area contributed by atoms with Crippen molar-refractivity contribution >= 4 is 23.2 Å². The average Bonchev–Trinajstić information content (AvgIpc) is 3.38. The van der Waals surface area contributed by atoms with E-state index in [-0.39, 0.29) is 30.4 Å². The number of carbonyl (C=O) groups excluding carboxylic acids is 2. The Morgan fingerprint density at radius 1 is 1.00 bits per heavy atom. The molecule has 1 aliphatic rings. The second kappa shape index (κ2) is 12.6. The molecular formula is C32H40N2O2S. The van der Waals surface area contributed by atoms with Crippen molar-refractivity contribution < 1.29 is 9.59 Å². The number of unbranched alkanes of at least 4 members (excludes halogenated alkanes) is 3. The SMILES string of the molecule is CCCCCCc1ccc(C(=O)N(CC(=O)N2CCc3sccc3[C@H]2c2ccc(C)cc2)C(C)C)cc1. The third-order valence-corrected chi connectivity index (χ3v) is 8.39. The topological polar surface area (TPSA) is 40.6 Å². The molecule has 3 aromatic rings. The van der Waals surface area contributed by atoms with Crippen molar-refractivity contribution in [2.24, 2.45) is 0 Å². The van der Waals surface area contributed by atoms with Crippen LogP contribution >= 0.6 is 11.3 Å². The predicted molar refractivity (Wildman–Crippen MR) is 153 cm³/mol. The van der Waals surface area contributed by atoms with Crippen molar-refractivity contribution in [2.45, 2.75) is 78.3 Å². The highest BCUT2D eigenvalue weighted by atomic mass is 32.1. The summed E-state index contributed by atoms with van der Waals surface area (Å²) in [4.78, 5) is 32.3. The Morgan fingerprint density at radius 3 is 2.41 bits per heavy atom. The van der Waals surface area contributed by atoms with Gasteiger partial charge in [0.05, 0.1) is 6.04 Å². The van der Waals surface area contributed by atoms with E-state index in [0.29, 0.717) is 12.1 Å². The Hall–Kier alpha value is -2.92. The fourth-order valence-corrected chi connectivity index (χ4v) is 6.06. The van der Waals surface area contributed by atoms with Gasteiger partial charge in [0.1, 0.15) is 6.54 Å². The summed E-state index contributed by atoms with van der Waals surface area (Å²) in [7, 11) is 0. The molecule has 0 unspecified atom stereocenters. The molecule has 0 saturated carbocycles. The lowest BCUT2D eigenvalue weighted by atomic mass is 9.92. The number of carbonyl (C=O) groups is 2. The molecule has 196 valence electrons. The minimum atomic E-state index is -0.112. The van der Waals surface area contributed by atoms with Crippen LogP contribution in [0.3, 0.4) is 0 Å². The van der Waals surface area contributed by atoms with E-state index in [0.717, 1.165) is 18.4 Å². The fraction of sp³-hybridized carbons (Fsp3) is 0.438. The second-order valence-corrected chi connectivity index (χ2v) is 11.5. The van der Waals surface area contributed by atoms with Crippen molar-refractivity contribution in [2.75, 3.05) is 13.1 Å². The zero-order chi connectivity index (χ0) is 26.4. The van der Waals surface area contributed by atoms with E-state index in [4.69, 9.17) is 0 Å². The Labute approximate surface area is 226 Å². The van der Waals surface area contributed by atoms with E-state index in [2.05, 4.69) is 61.7 Å². The van der Waals surface area contributed by atoms with Crippen molar-refractivity contribution in [1.82, 2.24) is 9.80 Å². The first-order valence-corrected chi connectivity index (χ1v) is 14.6. The summed E-state index contributed by atoms with van der Waals surface area (Å²) >= 11 is 1.77. The van der Waals surface area contributed by atoms with E-state index in [1.165, 1.54) is 47.3 Å². The third kappa shape index (κ3) is 6.51. The highest BCUT2D eigenvalue weighted by Crippen LogP contribution is 2.38. The van der Waals surface area contributed by atoms with Crippen LogP contribution in [0.1, 0.15) is 90.0 Å². The number of aryl methyl sites for hydroxylation is 2. The van der Waals surface area contributed by atoms with E-state index in [1.54, 1.807) is 16.2 Å². The molecule has 0 fully saturated rings. The molecule has 1 aliphatic heterocycles. The molecule has 1 aromatic heterocycles. The Morgan fingerprint density at radius 2 is 1.73 bits per heavy atom. The number of fused-ring (bicyclic) bond motifs is 1. The standard InChI is InChI=1S/C32H40N2O2S/c1-5-6-7-8-9-25-12-16-27(17-13-25)32(36)34(23(2)3)22-30(35)33-20-18-29-28(19-21-37-29)31(33)26-14-10-24(4)11-15-26/h10-17,19,21,23,31H,5-9,18,20,22H2,1-4H3/t31-/m1/s1. The Balaban J connectivity index is 1.50. The van der Waals surface area contributed by atoms with Gasteiger partial charge in [0, 0.05) is 23.0 Å². The van der Waals surface area contributed by atoms with Crippen LogP contribution in [0.5, 0.6) is 0 Å². The maximum Gasteiger partial charge on any atom is 0.254 e. The summed E-state index contributed by atoms with van der Waals surface area (Å²) in [5.74, 6) is -0.0852. The van der Waals surface area contributed by atoms with Gasteiger partial charge in [-0.25, -0.2) is 0 Å². The predicted octanol–water partition coefficient (Wildman–Crippen LogP) is 7.20. The van der Waals surface area contributed by atoms with Gasteiger partial charge in [0.2, 0.25) is 5.91 Å². The zero-order valence-electron chi connectivity index (χ0n) is 22.7. The Bertz CT molecular complexity index is 1180. The molecule has 0 aliphatic carbocycles. The normalized spacial score (nSPS) is 15.1.